The number of piperazine rings is 1. The van der Waals surface area contributed by atoms with Crippen LogP contribution in [0.15, 0.2) is 42.7 Å². The maximum absolute atomic E-state index is 6.30. The minimum Gasteiger partial charge on any atom is -0.314 e. The maximum atomic E-state index is 6.30. The van der Waals surface area contributed by atoms with Crippen LogP contribution in [0.4, 0.5) is 0 Å². The lowest BCUT2D eigenvalue weighted by Crippen LogP contribution is -2.45. The van der Waals surface area contributed by atoms with Gasteiger partial charge in [-0.25, -0.2) is 0 Å². The predicted molar refractivity (Wildman–Crippen MR) is 86.7 cm³/mol. The van der Waals surface area contributed by atoms with E-state index in [4.69, 9.17) is 23.2 Å². The first-order chi connectivity index (χ1) is 10.2. The monoisotopic (exact) mass is 321 g/mol. The van der Waals surface area contributed by atoms with E-state index in [2.05, 4.69) is 21.3 Å². The van der Waals surface area contributed by atoms with Crippen LogP contribution in [-0.4, -0.2) is 29.5 Å². The van der Waals surface area contributed by atoms with Gasteiger partial charge in [-0.3, -0.25) is 9.88 Å². The normalized spacial score (nSPS) is 19.6. The molecule has 0 radical (unpaired) electrons. The van der Waals surface area contributed by atoms with Gasteiger partial charge in [0, 0.05) is 54.7 Å². The van der Waals surface area contributed by atoms with Crippen molar-refractivity contribution in [1.82, 2.24) is 15.2 Å². The molecule has 3 nitrogen and oxygen atoms in total. The summed E-state index contributed by atoms with van der Waals surface area (Å²) in [7, 11) is 0. The Balaban J connectivity index is 1.83. The molecule has 1 aliphatic heterocycles. The molecule has 1 aromatic carbocycles. The zero-order valence-corrected chi connectivity index (χ0v) is 13.1. The van der Waals surface area contributed by atoms with Gasteiger partial charge in [-0.15, -0.1) is 0 Å². The smallest absolute Gasteiger partial charge is 0.0492 e. The van der Waals surface area contributed by atoms with Gasteiger partial charge in [0.2, 0.25) is 0 Å². The highest BCUT2D eigenvalue weighted by atomic mass is 35.5. The molecule has 1 unspecified atom stereocenters. The molecule has 1 N–H and O–H groups in total. The number of pyridine rings is 1. The van der Waals surface area contributed by atoms with Crippen LogP contribution in [0.2, 0.25) is 10.0 Å². The first-order valence-electron chi connectivity index (χ1n) is 7.02. The van der Waals surface area contributed by atoms with Crippen molar-refractivity contribution in [3.8, 4) is 0 Å². The molecule has 0 saturated carbocycles. The number of benzene rings is 1. The van der Waals surface area contributed by atoms with Crippen LogP contribution in [-0.2, 0) is 6.54 Å². The average Bonchev–Trinajstić information content (AvgIpc) is 2.52. The SMILES string of the molecule is Clc1ccc(Cl)c(CN2CCNCC2c2cccnc2)c1. The zero-order valence-electron chi connectivity index (χ0n) is 11.6. The zero-order chi connectivity index (χ0) is 14.7. The minimum atomic E-state index is 0.308. The number of hydrogen-bond acceptors (Lipinski definition) is 3. The molecule has 0 spiro atoms. The highest BCUT2D eigenvalue weighted by Crippen LogP contribution is 2.27. The van der Waals surface area contributed by atoms with Crippen LogP contribution in [0, 0.1) is 0 Å². The molecule has 5 heteroatoms. The maximum Gasteiger partial charge on any atom is 0.0492 e. The lowest BCUT2D eigenvalue weighted by atomic mass is 10.0. The quantitative estimate of drug-likeness (QED) is 0.937. The molecular weight excluding hydrogens is 305 g/mol. The molecule has 0 bridgehead atoms. The van der Waals surface area contributed by atoms with Gasteiger partial charge in [0.25, 0.3) is 0 Å². The lowest BCUT2D eigenvalue weighted by Gasteiger charge is -2.36. The van der Waals surface area contributed by atoms with Crippen LogP contribution >= 0.6 is 23.2 Å². The molecule has 2 heterocycles. The largest absolute Gasteiger partial charge is 0.314 e. The second-order valence-corrected chi connectivity index (χ2v) is 6.06. The van der Waals surface area contributed by atoms with E-state index < -0.39 is 0 Å². The van der Waals surface area contributed by atoms with Gasteiger partial charge in [0.15, 0.2) is 0 Å². The second kappa shape index (κ2) is 6.75. The molecule has 1 aliphatic rings. The van der Waals surface area contributed by atoms with Crippen molar-refractivity contribution in [3.63, 3.8) is 0 Å². The second-order valence-electron chi connectivity index (χ2n) is 5.21. The van der Waals surface area contributed by atoms with E-state index in [0.717, 1.165) is 41.8 Å². The van der Waals surface area contributed by atoms with E-state index in [-0.39, 0.29) is 0 Å². The van der Waals surface area contributed by atoms with Crippen molar-refractivity contribution >= 4 is 23.2 Å². The fraction of sp³-hybridized carbons (Fsp3) is 0.312. The molecule has 3 rings (SSSR count). The number of aromatic nitrogens is 1. The number of rotatable bonds is 3. The van der Waals surface area contributed by atoms with Gasteiger partial charge in [0.1, 0.15) is 0 Å². The first kappa shape index (κ1) is 14.8. The Morgan fingerprint density at radius 2 is 2.19 bits per heavy atom. The summed E-state index contributed by atoms with van der Waals surface area (Å²) in [5.74, 6) is 0. The number of halogens is 2. The summed E-state index contributed by atoms with van der Waals surface area (Å²) in [6, 6.07) is 10.0. The summed E-state index contributed by atoms with van der Waals surface area (Å²) < 4.78 is 0. The van der Waals surface area contributed by atoms with Crippen molar-refractivity contribution in [2.45, 2.75) is 12.6 Å². The van der Waals surface area contributed by atoms with Crippen molar-refractivity contribution < 1.29 is 0 Å². The van der Waals surface area contributed by atoms with Gasteiger partial charge in [-0.1, -0.05) is 29.3 Å². The molecule has 1 fully saturated rings. The molecule has 1 atom stereocenters. The Morgan fingerprint density at radius 1 is 1.29 bits per heavy atom. The summed E-state index contributed by atoms with van der Waals surface area (Å²) in [6.07, 6.45) is 3.74. The van der Waals surface area contributed by atoms with Crippen molar-refractivity contribution in [2.24, 2.45) is 0 Å². The van der Waals surface area contributed by atoms with Crippen LogP contribution in [0.25, 0.3) is 0 Å². The van der Waals surface area contributed by atoms with Gasteiger partial charge >= 0.3 is 0 Å². The minimum absolute atomic E-state index is 0.308. The van der Waals surface area contributed by atoms with E-state index in [1.54, 1.807) is 6.20 Å². The third kappa shape index (κ3) is 3.55. The van der Waals surface area contributed by atoms with Gasteiger partial charge < -0.3 is 5.32 Å². The fourth-order valence-electron chi connectivity index (χ4n) is 2.72. The van der Waals surface area contributed by atoms with E-state index in [1.807, 2.05) is 30.5 Å². The summed E-state index contributed by atoms with van der Waals surface area (Å²) in [5.41, 5.74) is 2.29. The highest BCUT2D eigenvalue weighted by molar-refractivity contribution is 6.33. The van der Waals surface area contributed by atoms with Crippen molar-refractivity contribution in [1.29, 1.82) is 0 Å². The fourth-order valence-corrected chi connectivity index (χ4v) is 3.09. The summed E-state index contributed by atoms with van der Waals surface area (Å²) >= 11 is 12.4. The van der Waals surface area contributed by atoms with Crippen LogP contribution < -0.4 is 5.32 Å². The Hall–Kier alpha value is -1.13. The molecule has 1 aromatic heterocycles. The third-order valence-electron chi connectivity index (χ3n) is 3.80. The standard InChI is InChI=1S/C16H17Cl2N3/c17-14-3-4-15(18)13(8-14)11-21-7-6-20-10-16(21)12-2-1-5-19-9-12/h1-5,8-9,16,20H,6-7,10-11H2. The topological polar surface area (TPSA) is 28.2 Å². The summed E-state index contributed by atoms with van der Waals surface area (Å²) in [5, 5.41) is 4.94. The summed E-state index contributed by atoms with van der Waals surface area (Å²) in [4.78, 5) is 6.65. The average molecular weight is 322 g/mol. The Kier molecular flexibility index (Phi) is 4.76. The molecular formula is C16H17Cl2N3. The molecule has 2 aromatic rings. The lowest BCUT2D eigenvalue weighted by molar-refractivity contribution is 0.153. The van der Waals surface area contributed by atoms with Crippen molar-refractivity contribution in [3.05, 3.63) is 63.9 Å². The number of nitrogens with one attached hydrogen (secondary N) is 1. The van der Waals surface area contributed by atoms with Crippen LogP contribution in [0.5, 0.6) is 0 Å². The molecule has 0 amide bonds. The number of nitrogens with zero attached hydrogens (tertiary/aromatic N) is 2. The van der Waals surface area contributed by atoms with E-state index in [0.29, 0.717) is 6.04 Å². The van der Waals surface area contributed by atoms with Gasteiger partial charge in [-0.2, -0.15) is 0 Å². The third-order valence-corrected chi connectivity index (χ3v) is 4.41. The Morgan fingerprint density at radius 3 is 3.00 bits per heavy atom. The highest BCUT2D eigenvalue weighted by Gasteiger charge is 2.24. The predicted octanol–water partition coefficient (Wildman–Crippen LogP) is 3.53. The van der Waals surface area contributed by atoms with Crippen molar-refractivity contribution in [2.75, 3.05) is 19.6 Å². The molecule has 21 heavy (non-hydrogen) atoms. The molecule has 1 saturated heterocycles. The molecule has 110 valence electrons. The Labute approximate surface area is 134 Å². The Bertz CT molecular complexity index is 604. The van der Waals surface area contributed by atoms with Gasteiger partial charge in [-0.05, 0) is 35.4 Å². The molecule has 0 aliphatic carbocycles. The van der Waals surface area contributed by atoms with Gasteiger partial charge in [0.05, 0.1) is 0 Å². The number of hydrogen-bond donors (Lipinski definition) is 1. The van der Waals surface area contributed by atoms with E-state index >= 15 is 0 Å². The van der Waals surface area contributed by atoms with E-state index in [9.17, 15) is 0 Å². The van der Waals surface area contributed by atoms with E-state index in [1.165, 1.54) is 5.56 Å². The summed E-state index contributed by atoms with van der Waals surface area (Å²) in [6.45, 7) is 3.67. The first-order valence-corrected chi connectivity index (χ1v) is 7.78. The van der Waals surface area contributed by atoms with Crippen LogP contribution in [0.1, 0.15) is 17.2 Å². The van der Waals surface area contributed by atoms with Crippen LogP contribution in [0.3, 0.4) is 0 Å².